The maximum Gasteiger partial charge on any atom is 0.412 e. The molecule has 0 bridgehead atoms. The Kier molecular flexibility index (Phi) is 4.41. The molecule has 28 heavy (non-hydrogen) atoms. The second-order valence-corrected chi connectivity index (χ2v) is 7.58. The molecule has 2 saturated heterocycles. The molecule has 3 aliphatic rings. The molecule has 2 aliphatic heterocycles. The number of benzene rings is 2. The number of fused-ring (bicyclic) bond motifs is 2. The van der Waals surface area contributed by atoms with Gasteiger partial charge in [-0.1, -0.05) is 36.4 Å². The third kappa shape index (κ3) is 3.31. The van der Waals surface area contributed by atoms with Crippen molar-refractivity contribution >= 4 is 28.5 Å². The van der Waals surface area contributed by atoms with Crippen molar-refractivity contribution in [1.29, 1.82) is 0 Å². The van der Waals surface area contributed by atoms with Gasteiger partial charge < -0.3 is 19.5 Å². The van der Waals surface area contributed by atoms with Crippen molar-refractivity contribution in [2.24, 2.45) is 5.92 Å². The summed E-state index contributed by atoms with van der Waals surface area (Å²) < 4.78 is 17.1. The fourth-order valence-electron chi connectivity index (χ4n) is 3.95. The first-order valence-corrected chi connectivity index (χ1v) is 9.68. The first-order valence-electron chi connectivity index (χ1n) is 9.68. The molecule has 5 rings (SSSR count). The lowest BCUT2D eigenvalue weighted by Gasteiger charge is -2.18. The van der Waals surface area contributed by atoms with Crippen LogP contribution in [-0.2, 0) is 19.0 Å². The van der Waals surface area contributed by atoms with Crippen LogP contribution in [0.3, 0.4) is 0 Å². The Morgan fingerprint density at radius 2 is 1.75 bits per heavy atom. The Bertz CT molecular complexity index is 907. The standard InChI is InChI=1S/C21H22N2O5/c24-20(13-8-9-13)22-16-10-26-19-17(11-27-18(16)19)28-21(25)23-15-7-3-5-12-4-1-2-6-14(12)15/h1-7,13,16-19H,8-11H2,(H,22,24)(H,23,25). The van der Waals surface area contributed by atoms with Crippen LogP contribution < -0.4 is 10.6 Å². The molecule has 146 valence electrons. The molecule has 2 amide bonds. The SMILES string of the molecule is O=C(Nc1cccc2ccccc12)OC1COC2C(NC(=O)C3CC3)COC12. The van der Waals surface area contributed by atoms with Gasteiger partial charge in [0.05, 0.1) is 24.9 Å². The number of amides is 2. The van der Waals surface area contributed by atoms with Crippen molar-refractivity contribution in [3.05, 3.63) is 42.5 Å². The van der Waals surface area contributed by atoms with Crippen LogP contribution >= 0.6 is 0 Å². The van der Waals surface area contributed by atoms with Crippen molar-refractivity contribution in [3.8, 4) is 0 Å². The van der Waals surface area contributed by atoms with Crippen LogP contribution in [0.25, 0.3) is 10.8 Å². The monoisotopic (exact) mass is 382 g/mol. The van der Waals surface area contributed by atoms with Gasteiger partial charge in [0.25, 0.3) is 0 Å². The second-order valence-electron chi connectivity index (χ2n) is 7.58. The van der Waals surface area contributed by atoms with E-state index >= 15 is 0 Å². The highest BCUT2D eigenvalue weighted by atomic mass is 16.6. The van der Waals surface area contributed by atoms with Crippen LogP contribution in [-0.4, -0.2) is 49.6 Å². The Morgan fingerprint density at radius 3 is 2.61 bits per heavy atom. The number of ether oxygens (including phenoxy) is 3. The summed E-state index contributed by atoms with van der Waals surface area (Å²) in [6, 6.07) is 13.4. The largest absolute Gasteiger partial charge is 0.441 e. The maximum absolute atomic E-state index is 12.4. The minimum Gasteiger partial charge on any atom is -0.441 e. The van der Waals surface area contributed by atoms with E-state index in [-0.39, 0.29) is 36.7 Å². The van der Waals surface area contributed by atoms with Crippen LogP contribution in [0.15, 0.2) is 42.5 Å². The predicted molar refractivity (Wildman–Crippen MR) is 102 cm³/mol. The molecule has 0 spiro atoms. The quantitative estimate of drug-likeness (QED) is 0.848. The minimum atomic E-state index is -0.542. The van der Waals surface area contributed by atoms with Gasteiger partial charge in [0.15, 0.2) is 6.10 Å². The van der Waals surface area contributed by atoms with Crippen molar-refractivity contribution in [1.82, 2.24) is 5.32 Å². The molecule has 1 aliphatic carbocycles. The molecule has 4 atom stereocenters. The van der Waals surface area contributed by atoms with Crippen molar-refractivity contribution in [3.63, 3.8) is 0 Å². The van der Waals surface area contributed by atoms with Gasteiger partial charge in [0.2, 0.25) is 5.91 Å². The third-order valence-electron chi connectivity index (χ3n) is 5.57. The Labute approximate surface area is 162 Å². The van der Waals surface area contributed by atoms with Gasteiger partial charge in [-0.25, -0.2) is 4.79 Å². The van der Waals surface area contributed by atoms with Crippen LogP contribution in [0.4, 0.5) is 10.5 Å². The second kappa shape index (κ2) is 7.07. The molecular weight excluding hydrogens is 360 g/mol. The summed E-state index contributed by atoms with van der Waals surface area (Å²) in [5, 5.41) is 7.80. The lowest BCUT2D eigenvalue weighted by Crippen LogP contribution is -2.45. The van der Waals surface area contributed by atoms with Gasteiger partial charge in [-0.15, -0.1) is 0 Å². The van der Waals surface area contributed by atoms with E-state index in [9.17, 15) is 9.59 Å². The molecule has 7 heteroatoms. The smallest absolute Gasteiger partial charge is 0.412 e. The van der Waals surface area contributed by atoms with Crippen LogP contribution in [0, 0.1) is 5.92 Å². The molecular formula is C21H22N2O5. The van der Waals surface area contributed by atoms with Gasteiger partial charge in [0, 0.05) is 11.3 Å². The molecule has 2 N–H and O–H groups in total. The summed E-state index contributed by atoms with van der Waals surface area (Å²) in [5.41, 5.74) is 0.695. The van der Waals surface area contributed by atoms with Gasteiger partial charge >= 0.3 is 6.09 Å². The normalized spacial score (nSPS) is 28.7. The highest BCUT2D eigenvalue weighted by Crippen LogP contribution is 2.32. The lowest BCUT2D eigenvalue weighted by atomic mass is 10.1. The highest BCUT2D eigenvalue weighted by molar-refractivity contribution is 6.00. The van der Waals surface area contributed by atoms with E-state index in [1.807, 2.05) is 42.5 Å². The number of carbonyl (C=O) groups is 2. The van der Waals surface area contributed by atoms with E-state index in [1.54, 1.807) is 0 Å². The van der Waals surface area contributed by atoms with Gasteiger partial charge in [-0.3, -0.25) is 10.1 Å². The summed E-state index contributed by atoms with van der Waals surface area (Å²) in [4.78, 5) is 24.4. The Hall–Kier alpha value is -2.64. The zero-order chi connectivity index (χ0) is 19.1. The first-order chi connectivity index (χ1) is 13.7. The number of anilines is 1. The molecule has 2 aromatic rings. The van der Waals surface area contributed by atoms with Crippen LogP contribution in [0.2, 0.25) is 0 Å². The van der Waals surface area contributed by atoms with E-state index in [2.05, 4.69) is 10.6 Å². The van der Waals surface area contributed by atoms with Crippen LogP contribution in [0.5, 0.6) is 0 Å². The number of nitrogens with one attached hydrogen (secondary N) is 2. The average molecular weight is 382 g/mol. The van der Waals surface area contributed by atoms with E-state index in [0.717, 1.165) is 23.6 Å². The average Bonchev–Trinajstić information content (AvgIpc) is 3.38. The van der Waals surface area contributed by atoms with E-state index in [0.29, 0.717) is 12.3 Å². The maximum atomic E-state index is 12.4. The predicted octanol–water partition coefficient (Wildman–Crippen LogP) is 2.45. The van der Waals surface area contributed by atoms with E-state index < -0.39 is 12.2 Å². The fraction of sp³-hybridized carbons (Fsp3) is 0.429. The van der Waals surface area contributed by atoms with E-state index in [1.165, 1.54) is 0 Å². The third-order valence-corrected chi connectivity index (χ3v) is 5.57. The first kappa shape index (κ1) is 17.5. The zero-order valence-electron chi connectivity index (χ0n) is 15.3. The molecule has 7 nitrogen and oxygen atoms in total. The summed E-state index contributed by atoms with van der Waals surface area (Å²) >= 11 is 0. The number of hydrogen-bond acceptors (Lipinski definition) is 5. The number of carbonyl (C=O) groups excluding carboxylic acids is 2. The van der Waals surface area contributed by atoms with Gasteiger partial charge in [0.1, 0.15) is 12.2 Å². The Balaban J connectivity index is 1.21. The van der Waals surface area contributed by atoms with Gasteiger partial charge in [-0.2, -0.15) is 0 Å². The molecule has 2 heterocycles. The zero-order valence-corrected chi connectivity index (χ0v) is 15.3. The number of rotatable bonds is 4. The summed E-state index contributed by atoms with van der Waals surface area (Å²) in [5.74, 6) is 0.204. The summed E-state index contributed by atoms with van der Waals surface area (Å²) in [6.07, 6.45) is 0.228. The topological polar surface area (TPSA) is 85.9 Å². The summed E-state index contributed by atoms with van der Waals surface area (Å²) in [7, 11) is 0. The Morgan fingerprint density at radius 1 is 0.964 bits per heavy atom. The van der Waals surface area contributed by atoms with Crippen LogP contribution in [0.1, 0.15) is 12.8 Å². The lowest BCUT2D eigenvalue weighted by molar-refractivity contribution is -0.123. The molecule has 4 unspecified atom stereocenters. The molecule has 3 fully saturated rings. The van der Waals surface area contributed by atoms with Crippen molar-refractivity contribution in [2.45, 2.75) is 37.2 Å². The fourth-order valence-corrected chi connectivity index (χ4v) is 3.95. The molecule has 0 radical (unpaired) electrons. The molecule has 0 aromatic heterocycles. The van der Waals surface area contributed by atoms with E-state index in [4.69, 9.17) is 14.2 Å². The van der Waals surface area contributed by atoms with Crippen molar-refractivity contribution in [2.75, 3.05) is 18.5 Å². The van der Waals surface area contributed by atoms with Gasteiger partial charge in [-0.05, 0) is 24.3 Å². The summed E-state index contributed by atoms with van der Waals surface area (Å²) in [6.45, 7) is 0.632. The highest BCUT2D eigenvalue weighted by Gasteiger charge is 2.50. The molecule has 1 saturated carbocycles. The minimum absolute atomic E-state index is 0.0657. The van der Waals surface area contributed by atoms with Crippen molar-refractivity contribution < 1.29 is 23.8 Å². The number of hydrogen-bond donors (Lipinski definition) is 2. The molecule has 2 aromatic carbocycles.